The third kappa shape index (κ3) is 8.49. The summed E-state index contributed by atoms with van der Waals surface area (Å²) in [6, 6.07) is 11.8. The van der Waals surface area contributed by atoms with Gasteiger partial charge in [0.2, 0.25) is 10.0 Å². The number of β-amino-alcohol motifs (C(OH)–C–C–N with tert-alkyl or cyclic N) is 1. The van der Waals surface area contributed by atoms with Crippen LogP contribution in [-0.4, -0.2) is 60.7 Å². The number of aliphatic hydroxyl groups excluding tert-OH is 1. The van der Waals surface area contributed by atoms with Crippen LogP contribution in [0.1, 0.15) is 35.3 Å². The van der Waals surface area contributed by atoms with Crippen molar-refractivity contribution in [2.45, 2.75) is 43.0 Å². The van der Waals surface area contributed by atoms with Crippen molar-refractivity contribution < 1.29 is 41.0 Å². The Morgan fingerprint density at radius 1 is 1.05 bits per heavy atom. The first-order valence-electron chi connectivity index (χ1n) is 12.3. The standard InChI is InChI=1S/C28H29ClF4N2O5S/c1-27(2,14-17-7-8-24(29)25(30)9-17)34-15-22(36)16-35(3)41(39,40)23-12-20(11-21(13-23)28(31,32)33)18-5-4-6-19(10-18)26(37)38/h4-13,22,34,36H,14-16H2,1-3H3,(H,37,38). The third-order valence-corrected chi connectivity index (χ3v) is 8.41. The molecule has 3 aromatic carbocycles. The molecule has 0 amide bonds. The van der Waals surface area contributed by atoms with E-state index < -0.39 is 56.6 Å². The van der Waals surface area contributed by atoms with Gasteiger partial charge in [-0.05, 0) is 79.4 Å². The number of hydrogen-bond donors (Lipinski definition) is 3. The number of carboxylic acids is 1. The van der Waals surface area contributed by atoms with Gasteiger partial charge in [0.1, 0.15) is 5.82 Å². The number of benzene rings is 3. The molecule has 0 aliphatic heterocycles. The average molecular weight is 617 g/mol. The number of aromatic carboxylic acids is 1. The lowest BCUT2D eigenvalue weighted by atomic mass is 9.94. The van der Waals surface area contributed by atoms with E-state index in [-0.39, 0.29) is 28.3 Å². The zero-order valence-corrected chi connectivity index (χ0v) is 23.9. The first-order chi connectivity index (χ1) is 18.9. The van der Waals surface area contributed by atoms with Crippen molar-refractivity contribution in [3.05, 3.63) is 88.2 Å². The molecule has 0 saturated carbocycles. The molecule has 1 unspecified atom stereocenters. The maximum atomic E-state index is 13.8. The quantitative estimate of drug-likeness (QED) is 0.247. The van der Waals surface area contributed by atoms with Crippen molar-refractivity contribution in [3.8, 4) is 11.1 Å². The summed E-state index contributed by atoms with van der Waals surface area (Å²) in [7, 11) is -3.38. The van der Waals surface area contributed by atoms with Gasteiger partial charge in [0.25, 0.3) is 0 Å². The van der Waals surface area contributed by atoms with E-state index in [2.05, 4.69) is 5.32 Å². The Kier molecular flexibility index (Phi) is 9.87. The summed E-state index contributed by atoms with van der Waals surface area (Å²) in [4.78, 5) is 10.7. The molecule has 1 atom stereocenters. The molecule has 0 saturated heterocycles. The number of alkyl halides is 3. The summed E-state index contributed by atoms with van der Waals surface area (Å²) >= 11 is 5.72. The van der Waals surface area contributed by atoms with Crippen molar-refractivity contribution >= 4 is 27.6 Å². The highest BCUT2D eigenvalue weighted by atomic mass is 35.5. The van der Waals surface area contributed by atoms with Crippen LogP contribution in [0.5, 0.6) is 0 Å². The van der Waals surface area contributed by atoms with E-state index in [0.717, 1.165) is 29.6 Å². The third-order valence-electron chi connectivity index (χ3n) is 6.30. The van der Waals surface area contributed by atoms with Gasteiger partial charge in [-0.25, -0.2) is 17.6 Å². The Hall–Kier alpha value is -3.03. The Labute approximate surface area is 240 Å². The molecule has 0 fully saturated rings. The second-order valence-corrected chi connectivity index (χ2v) is 12.7. The Balaban J connectivity index is 1.79. The number of carbonyl (C=O) groups is 1. The molecule has 0 heterocycles. The van der Waals surface area contributed by atoms with Gasteiger partial charge in [-0.2, -0.15) is 17.5 Å². The maximum absolute atomic E-state index is 13.8. The topological polar surface area (TPSA) is 107 Å². The maximum Gasteiger partial charge on any atom is 0.416 e. The first kappa shape index (κ1) is 32.5. The van der Waals surface area contributed by atoms with Crippen LogP contribution in [0.2, 0.25) is 5.02 Å². The molecule has 222 valence electrons. The summed E-state index contributed by atoms with van der Waals surface area (Å²) in [6.07, 6.45) is -5.77. The largest absolute Gasteiger partial charge is 0.478 e. The fraction of sp³-hybridized carbons (Fsp3) is 0.321. The van der Waals surface area contributed by atoms with Gasteiger partial charge in [0, 0.05) is 25.7 Å². The van der Waals surface area contributed by atoms with E-state index in [0.29, 0.717) is 18.1 Å². The van der Waals surface area contributed by atoms with E-state index in [1.165, 1.54) is 30.3 Å². The van der Waals surface area contributed by atoms with Gasteiger partial charge in [-0.1, -0.05) is 29.8 Å². The van der Waals surface area contributed by atoms with Crippen LogP contribution in [0.15, 0.2) is 65.6 Å². The molecular formula is C28H29ClF4N2O5S. The fourth-order valence-electron chi connectivity index (χ4n) is 4.17. The van der Waals surface area contributed by atoms with Gasteiger partial charge in [0.05, 0.1) is 27.1 Å². The summed E-state index contributed by atoms with van der Waals surface area (Å²) in [5.74, 6) is -1.86. The molecular weight excluding hydrogens is 588 g/mol. The van der Waals surface area contributed by atoms with E-state index in [4.69, 9.17) is 11.6 Å². The monoisotopic (exact) mass is 616 g/mol. The molecule has 0 aromatic heterocycles. The van der Waals surface area contributed by atoms with E-state index in [1.807, 2.05) is 0 Å². The molecule has 0 spiro atoms. The fourth-order valence-corrected chi connectivity index (χ4v) is 5.56. The van der Waals surface area contributed by atoms with Crippen LogP contribution >= 0.6 is 11.6 Å². The van der Waals surface area contributed by atoms with E-state index >= 15 is 0 Å². The molecule has 3 N–H and O–H groups in total. The number of aliphatic hydroxyl groups is 1. The van der Waals surface area contributed by atoms with Gasteiger partial charge in [0.15, 0.2) is 0 Å². The van der Waals surface area contributed by atoms with Crippen LogP contribution in [0.3, 0.4) is 0 Å². The van der Waals surface area contributed by atoms with Crippen LogP contribution in [0.4, 0.5) is 17.6 Å². The minimum atomic E-state index is -4.88. The lowest BCUT2D eigenvalue weighted by Crippen LogP contribution is -2.47. The molecule has 3 aromatic rings. The van der Waals surface area contributed by atoms with Gasteiger partial charge in [-0.15, -0.1) is 0 Å². The molecule has 13 heteroatoms. The van der Waals surface area contributed by atoms with Crippen molar-refractivity contribution in [1.29, 1.82) is 0 Å². The highest BCUT2D eigenvalue weighted by molar-refractivity contribution is 7.89. The first-order valence-corrected chi connectivity index (χ1v) is 14.1. The zero-order chi connectivity index (χ0) is 30.8. The van der Waals surface area contributed by atoms with Crippen molar-refractivity contribution in [2.75, 3.05) is 20.1 Å². The van der Waals surface area contributed by atoms with Crippen molar-refractivity contribution in [3.63, 3.8) is 0 Å². The average Bonchev–Trinajstić information content (AvgIpc) is 2.88. The van der Waals surface area contributed by atoms with E-state index in [1.54, 1.807) is 19.9 Å². The highest BCUT2D eigenvalue weighted by Gasteiger charge is 2.34. The van der Waals surface area contributed by atoms with Gasteiger partial charge >= 0.3 is 12.1 Å². The summed E-state index contributed by atoms with van der Waals surface area (Å²) in [5, 5.41) is 22.9. The van der Waals surface area contributed by atoms with Crippen LogP contribution in [-0.2, 0) is 22.6 Å². The molecule has 7 nitrogen and oxygen atoms in total. The smallest absolute Gasteiger partial charge is 0.416 e. The van der Waals surface area contributed by atoms with Crippen LogP contribution in [0, 0.1) is 5.82 Å². The molecule has 3 rings (SSSR count). The Morgan fingerprint density at radius 2 is 1.73 bits per heavy atom. The summed E-state index contributed by atoms with van der Waals surface area (Å²) in [6.45, 7) is 3.09. The van der Waals surface area contributed by atoms with Crippen LogP contribution < -0.4 is 5.32 Å². The number of nitrogens with one attached hydrogen (secondary N) is 1. The molecule has 0 aliphatic carbocycles. The molecule has 0 radical (unpaired) electrons. The normalized spacial score (nSPS) is 13.4. The lowest BCUT2D eigenvalue weighted by molar-refractivity contribution is -0.137. The number of hydrogen-bond acceptors (Lipinski definition) is 5. The zero-order valence-electron chi connectivity index (χ0n) is 22.3. The van der Waals surface area contributed by atoms with Crippen LogP contribution in [0.25, 0.3) is 11.1 Å². The predicted octanol–water partition coefficient (Wildman–Crippen LogP) is 5.46. The molecule has 41 heavy (non-hydrogen) atoms. The number of likely N-dealkylation sites (N-methyl/N-ethyl adjacent to an activating group) is 1. The predicted molar refractivity (Wildman–Crippen MR) is 147 cm³/mol. The van der Waals surface area contributed by atoms with Gasteiger partial charge in [-0.3, -0.25) is 0 Å². The SMILES string of the molecule is CN(CC(O)CNC(C)(C)Cc1ccc(Cl)c(F)c1)S(=O)(=O)c1cc(-c2cccc(C(=O)O)c2)cc(C(F)(F)F)c1. The minimum absolute atomic E-state index is 0.0131. The minimum Gasteiger partial charge on any atom is -0.478 e. The number of carboxylic acid groups (broad SMARTS) is 1. The highest BCUT2D eigenvalue weighted by Crippen LogP contribution is 2.35. The molecule has 0 bridgehead atoms. The van der Waals surface area contributed by atoms with Crippen molar-refractivity contribution in [1.82, 2.24) is 9.62 Å². The number of nitrogens with zero attached hydrogens (tertiary/aromatic N) is 1. The second-order valence-electron chi connectivity index (χ2n) is 10.3. The second kappa shape index (κ2) is 12.5. The number of sulfonamides is 1. The summed E-state index contributed by atoms with van der Waals surface area (Å²) in [5.41, 5.74) is -1.46. The Morgan fingerprint density at radius 3 is 2.34 bits per heavy atom. The van der Waals surface area contributed by atoms with E-state index in [9.17, 15) is 41.0 Å². The Bertz CT molecular complexity index is 1530. The molecule has 0 aliphatic rings. The van der Waals surface area contributed by atoms with Gasteiger partial charge < -0.3 is 15.5 Å². The number of rotatable bonds is 11. The van der Waals surface area contributed by atoms with Crippen molar-refractivity contribution in [2.24, 2.45) is 0 Å². The lowest BCUT2D eigenvalue weighted by Gasteiger charge is -2.29. The summed E-state index contributed by atoms with van der Waals surface area (Å²) < 4.78 is 82.2. The number of halogens is 5.